The molecule has 1 aliphatic rings. The topological polar surface area (TPSA) is 114 Å². The Morgan fingerprint density at radius 3 is 2.56 bits per heavy atom. The Morgan fingerprint density at radius 1 is 1.22 bits per heavy atom. The van der Waals surface area contributed by atoms with Gasteiger partial charge in [-0.25, -0.2) is 13.1 Å². The summed E-state index contributed by atoms with van der Waals surface area (Å²) in [6, 6.07) is 18.5. The van der Waals surface area contributed by atoms with Gasteiger partial charge in [0, 0.05) is 23.4 Å². The molecule has 1 amide bonds. The minimum Gasteiger partial charge on any atom is -0.493 e. The number of nitriles is 1. The second-order valence-corrected chi connectivity index (χ2v) is 11.4. The van der Waals surface area contributed by atoms with E-state index >= 15 is 0 Å². The first-order valence-electron chi connectivity index (χ1n) is 11.8. The van der Waals surface area contributed by atoms with Crippen molar-refractivity contribution in [3.05, 3.63) is 71.9 Å². The van der Waals surface area contributed by atoms with Gasteiger partial charge in [0.15, 0.2) is 9.84 Å². The Hall–Kier alpha value is -3.90. The van der Waals surface area contributed by atoms with E-state index in [9.17, 15) is 18.5 Å². The summed E-state index contributed by atoms with van der Waals surface area (Å²) in [5, 5.41) is 17.1. The average molecular weight is 505 g/mol. The lowest BCUT2D eigenvalue weighted by atomic mass is 10.1. The molecule has 0 bridgehead atoms. The monoisotopic (exact) mass is 504 g/mol. The maximum absolute atomic E-state index is 12.8. The van der Waals surface area contributed by atoms with Crippen LogP contribution in [0.3, 0.4) is 0 Å². The number of benzene rings is 2. The standard InChI is InChI=1S/C27H28N4O4S/c1-19(2)17-35-25-10-8-20(9-11-25)26-22(16-31(30-26)24-6-4-3-5-7-24)14-21(15-28)27(32)29-23-12-13-36(33,34)18-23/h3-11,14,16,19,23H,12-13,17-18H2,1-2H3,(H,29,32)/b21-14-/t23-/m1/s1. The number of ether oxygens (including phenoxy) is 1. The highest BCUT2D eigenvalue weighted by molar-refractivity contribution is 7.91. The van der Waals surface area contributed by atoms with Crippen molar-refractivity contribution in [2.75, 3.05) is 18.1 Å². The van der Waals surface area contributed by atoms with Gasteiger partial charge < -0.3 is 10.1 Å². The minimum absolute atomic E-state index is 0.0361. The number of nitrogens with one attached hydrogen (secondary N) is 1. The van der Waals surface area contributed by atoms with Crippen LogP contribution in [-0.4, -0.2) is 48.3 Å². The average Bonchev–Trinajstić information content (AvgIpc) is 3.44. The number of aromatic nitrogens is 2. The molecule has 186 valence electrons. The first-order valence-corrected chi connectivity index (χ1v) is 13.6. The van der Waals surface area contributed by atoms with Crippen LogP contribution in [0.1, 0.15) is 25.8 Å². The van der Waals surface area contributed by atoms with Crippen LogP contribution in [0.15, 0.2) is 66.4 Å². The van der Waals surface area contributed by atoms with E-state index in [2.05, 4.69) is 19.2 Å². The number of carbonyl (C=O) groups excluding carboxylic acids is 1. The third-order valence-electron chi connectivity index (χ3n) is 5.71. The fourth-order valence-corrected chi connectivity index (χ4v) is 5.55. The molecular weight excluding hydrogens is 476 g/mol. The Morgan fingerprint density at radius 2 is 1.94 bits per heavy atom. The van der Waals surface area contributed by atoms with Gasteiger partial charge in [-0.05, 0) is 54.8 Å². The van der Waals surface area contributed by atoms with Gasteiger partial charge in [0.1, 0.15) is 17.4 Å². The van der Waals surface area contributed by atoms with E-state index in [1.54, 1.807) is 10.9 Å². The first kappa shape index (κ1) is 25.2. The lowest BCUT2D eigenvalue weighted by molar-refractivity contribution is -0.117. The molecule has 3 aromatic rings. The molecule has 1 saturated heterocycles. The zero-order valence-corrected chi connectivity index (χ0v) is 21.0. The van der Waals surface area contributed by atoms with Crippen molar-refractivity contribution >= 4 is 21.8 Å². The molecule has 2 aromatic carbocycles. The van der Waals surface area contributed by atoms with Crippen molar-refractivity contribution in [2.45, 2.75) is 26.3 Å². The molecule has 1 atom stereocenters. The number of amides is 1. The normalized spacial score (nSPS) is 17.1. The van der Waals surface area contributed by atoms with Crippen LogP contribution in [0, 0.1) is 17.2 Å². The number of carbonyl (C=O) groups is 1. The SMILES string of the molecule is CC(C)COc1ccc(-c2nn(-c3ccccc3)cc2/C=C(/C#N)C(=O)N[C@@H]2CCS(=O)(=O)C2)cc1. The number of hydrogen-bond acceptors (Lipinski definition) is 6. The molecule has 9 heteroatoms. The zero-order chi connectivity index (χ0) is 25.7. The quantitative estimate of drug-likeness (QED) is 0.369. The van der Waals surface area contributed by atoms with Gasteiger partial charge in [-0.15, -0.1) is 0 Å². The van der Waals surface area contributed by atoms with Crippen molar-refractivity contribution in [3.8, 4) is 28.8 Å². The molecule has 0 unspecified atom stereocenters. The molecule has 4 rings (SSSR count). The van der Waals surface area contributed by atoms with Crippen LogP contribution in [0.25, 0.3) is 23.0 Å². The summed E-state index contributed by atoms with van der Waals surface area (Å²) in [4.78, 5) is 12.8. The second-order valence-electron chi connectivity index (χ2n) is 9.19. The van der Waals surface area contributed by atoms with E-state index in [1.807, 2.05) is 60.7 Å². The van der Waals surface area contributed by atoms with Crippen LogP contribution in [0.4, 0.5) is 0 Å². The minimum atomic E-state index is -3.16. The molecule has 2 heterocycles. The van der Waals surface area contributed by atoms with Crippen LogP contribution in [0.2, 0.25) is 0 Å². The van der Waals surface area contributed by atoms with E-state index in [-0.39, 0.29) is 17.1 Å². The van der Waals surface area contributed by atoms with Crippen LogP contribution >= 0.6 is 0 Å². The molecule has 36 heavy (non-hydrogen) atoms. The summed E-state index contributed by atoms with van der Waals surface area (Å²) in [6.07, 6.45) is 3.59. The summed E-state index contributed by atoms with van der Waals surface area (Å²) in [5.74, 6) is 0.475. The highest BCUT2D eigenvalue weighted by atomic mass is 32.2. The third-order valence-corrected chi connectivity index (χ3v) is 7.47. The number of hydrogen-bond donors (Lipinski definition) is 1. The summed E-state index contributed by atoms with van der Waals surface area (Å²) in [7, 11) is -3.16. The maximum atomic E-state index is 12.8. The van der Waals surface area contributed by atoms with Crippen LogP contribution in [0.5, 0.6) is 5.75 Å². The molecule has 0 aliphatic carbocycles. The van der Waals surface area contributed by atoms with Gasteiger partial charge in [-0.3, -0.25) is 4.79 Å². The molecule has 8 nitrogen and oxygen atoms in total. The van der Waals surface area contributed by atoms with Crippen LogP contribution in [-0.2, 0) is 14.6 Å². The van der Waals surface area contributed by atoms with Gasteiger partial charge in [-0.1, -0.05) is 32.0 Å². The number of rotatable bonds is 8. The van der Waals surface area contributed by atoms with Crippen molar-refractivity contribution < 1.29 is 17.9 Å². The Bertz CT molecular complexity index is 1400. The van der Waals surface area contributed by atoms with Crippen molar-refractivity contribution in [2.24, 2.45) is 5.92 Å². The van der Waals surface area contributed by atoms with E-state index < -0.39 is 21.8 Å². The number of para-hydroxylation sites is 1. The molecule has 0 saturated carbocycles. The molecule has 0 radical (unpaired) electrons. The lowest BCUT2D eigenvalue weighted by Gasteiger charge is -2.10. The molecule has 0 spiro atoms. The van der Waals surface area contributed by atoms with Gasteiger partial charge in [0.25, 0.3) is 5.91 Å². The summed E-state index contributed by atoms with van der Waals surface area (Å²) >= 11 is 0. The summed E-state index contributed by atoms with van der Waals surface area (Å²) in [6.45, 7) is 4.77. The fraction of sp³-hybridized carbons (Fsp3) is 0.296. The van der Waals surface area contributed by atoms with Crippen LogP contribution < -0.4 is 10.1 Å². The highest BCUT2D eigenvalue weighted by Crippen LogP contribution is 2.28. The summed E-state index contributed by atoms with van der Waals surface area (Å²) < 4.78 is 31.0. The van der Waals surface area contributed by atoms with E-state index in [0.717, 1.165) is 17.0 Å². The number of sulfone groups is 1. The fourth-order valence-electron chi connectivity index (χ4n) is 3.88. The second kappa shape index (κ2) is 10.8. The van der Waals surface area contributed by atoms with Gasteiger partial charge in [0.2, 0.25) is 0 Å². The van der Waals surface area contributed by atoms with E-state index in [4.69, 9.17) is 9.84 Å². The number of nitrogens with zero attached hydrogens (tertiary/aromatic N) is 3. The van der Waals surface area contributed by atoms with Crippen molar-refractivity contribution in [3.63, 3.8) is 0 Å². The predicted molar refractivity (Wildman–Crippen MR) is 138 cm³/mol. The highest BCUT2D eigenvalue weighted by Gasteiger charge is 2.29. The molecular formula is C27H28N4O4S. The molecule has 1 aliphatic heterocycles. The summed E-state index contributed by atoms with van der Waals surface area (Å²) in [5.41, 5.74) is 2.69. The Kier molecular flexibility index (Phi) is 7.55. The maximum Gasteiger partial charge on any atom is 0.262 e. The Balaban J connectivity index is 1.66. The smallest absolute Gasteiger partial charge is 0.262 e. The van der Waals surface area contributed by atoms with Crippen molar-refractivity contribution in [1.82, 2.24) is 15.1 Å². The van der Waals surface area contributed by atoms with Gasteiger partial charge in [0.05, 0.1) is 29.5 Å². The molecule has 1 N–H and O–H groups in total. The van der Waals surface area contributed by atoms with Gasteiger partial charge >= 0.3 is 0 Å². The molecule has 1 aromatic heterocycles. The van der Waals surface area contributed by atoms with E-state index in [1.165, 1.54) is 6.08 Å². The van der Waals surface area contributed by atoms with Crippen molar-refractivity contribution in [1.29, 1.82) is 5.26 Å². The Labute approximate surface area is 211 Å². The lowest BCUT2D eigenvalue weighted by Crippen LogP contribution is -2.36. The van der Waals surface area contributed by atoms with E-state index in [0.29, 0.717) is 30.2 Å². The van der Waals surface area contributed by atoms with Gasteiger partial charge in [-0.2, -0.15) is 10.4 Å². The predicted octanol–water partition coefficient (Wildman–Crippen LogP) is 3.78. The third kappa shape index (κ3) is 6.20. The molecule has 1 fully saturated rings. The first-order chi connectivity index (χ1) is 17.2. The zero-order valence-electron chi connectivity index (χ0n) is 20.2. The largest absolute Gasteiger partial charge is 0.493 e.